The molecule has 0 aliphatic carbocycles. The van der Waals surface area contributed by atoms with Gasteiger partial charge in [0, 0.05) is 18.8 Å². The zero-order valence-corrected chi connectivity index (χ0v) is 17.3. The summed E-state index contributed by atoms with van der Waals surface area (Å²) >= 11 is 0. The number of nitrogens with zero attached hydrogens (tertiary/aromatic N) is 6. The van der Waals surface area contributed by atoms with Gasteiger partial charge in [-0.05, 0) is 30.3 Å². The second-order valence-electron chi connectivity index (χ2n) is 6.69. The number of ether oxygens (including phenoxy) is 1. The minimum Gasteiger partial charge on any atom is -0.497 e. The number of H-pyrrole nitrogens is 1. The molecular formula is C20H18N8O5. The standard InChI is InChI=1S/C20H18N8O5/c1-33-14-4-2-13(3-5-14)28-19(31)15(10-23-20(28)32)18(30)22-8-9-26-17(29)7-6-16(25-26)27-12-21-11-24-27/h2-7,10-12H,8-9H2,1H3,(H,22,30)(H,23,32). The molecule has 3 heterocycles. The fourth-order valence-corrected chi connectivity index (χ4v) is 3.02. The molecule has 0 saturated carbocycles. The molecule has 168 valence electrons. The molecule has 3 aromatic heterocycles. The third kappa shape index (κ3) is 4.46. The molecule has 0 saturated heterocycles. The molecule has 0 bridgehead atoms. The number of nitrogens with one attached hydrogen (secondary N) is 2. The molecule has 0 atom stereocenters. The van der Waals surface area contributed by atoms with Crippen LogP contribution in [0, 0.1) is 0 Å². The molecule has 1 aromatic carbocycles. The number of rotatable bonds is 7. The second-order valence-corrected chi connectivity index (χ2v) is 6.69. The van der Waals surface area contributed by atoms with E-state index in [-0.39, 0.29) is 29.9 Å². The van der Waals surface area contributed by atoms with E-state index in [1.807, 2.05) is 0 Å². The lowest BCUT2D eigenvalue weighted by Gasteiger charge is -2.10. The van der Waals surface area contributed by atoms with Gasteiger partial charge in [-0.2, -0.15) is 5.10 Å². The minimum atomic E-state index is -0.787. The maximum absolute atomic E-state index is 12.8. The average Bonchev–Trinajstić information content (AvgIpc) is 3.36. The topological polar surface area (TPSA) is 159 Å². The van der Waals surface area contributed by atoms with Crippen LogP contribution in [0.3, 0.4) is 0 Å². The van der Waals surface area contributed by atoms with Crippen LogP contribution in [0.1, 0.15) is 10.4 Å². The first kappa shape index (κ1) is 21.4. The number of benzene rings is 1. The third-order valence-corrected chi connectivity index (χ3v) is 4.67. The van der Waals surface area contributed by atoms with E-state index < -0.39 is 17.2 Å². The summed E-state index contributed by atoms with van der Waals surface area (Å²) in [5, 5.41) is 10.7. The van der Waals surface area contributed by atoms with Gasteiger partial charge in [-0.3, -0.25) is 14.4 Å². The number of amides is 1. The highest BCUT2D eigenvalue weighted by Crippen LogP contribution is 2.12. The monoisotopic (exact) mass is 450 g/mol. The fourth-order valence-electron chi connectivity index (χ4n) is 3.02. The molecule has 4 rings (SSSR count). The molecule has 0 aliphatic heterocycles. The molecule has 0 radical (unpaired) electrons. The Bertz CT molecular complexity index is 1450. The van der Waals surface area contributed by atoms with Gasteiger partial charge >= 0.3 is 5.69 Å². The van der Waals surface area contributed by atoms with Crippen LogP contribution >= 0.6 is 0 Å². The second kappa shape index (κ2) is 9.13. The van der Waals surface area contributed by atoms with Crippen LogP contribution in [0.2, 0.25) is 0 Å². The highest BCUT2D eigenvalue weighted by atomic mass is 16.5. The highest BCUT2D eigenvalue weighted by Gasteiger charge is 2.16. The quantitative estimate of drug-likeness (QED) is 0.367. The predicted octanol–water partition coefficient (Wildman–Crippen LogP) is -0.898. The zero-order chi connectivity index (χ0) is 23.4. The molecule has 4 aromatic rings. The SMILES string of the molecule is COc1ccc(-n2c(=O)[nH]cc(C(=O)NCCn3nc(-n4cncn4)ccc3=O)c2=O)cc1. The lowest BCUT2D eigenvalue weighted by Crippen LogP contribution is -2.40. The van der Waals surface area contributed by atoms with E-state index in [1.54, 1.807) is 12.1 Å². The third-order valence-electron chi connectivity index (χ3n) is 4.67. The van der Waals surface area contributed by atoms with Crippen LogP contribution in [-0.4, -0.2) is 53.7 Å². The van der Waals surface area contributed by atoms with Crippen molar-refractivity contribution in [1.29, 1.82) is 0 Å². The number of methoxy groups -OCH3 is 1. The normalized spacial score (nSPS) is 10.7. The summed E-state index contributed by atoms with van der Waals surface area (Å²) in [6, 6.07) is 9.04. The Morgan fingerprint density at radius 1 is 1.12 bits per heavy atom. The smallest absolute Gasteiger partial charge is 0.333 e. The molecular weight excluding hydrogens is 432 g/mol. The lowest BCUT2D eigenvalue weighted by molar-refractivity contribution is 0.0949. The van der Waals surface area contributed by atoms with Crippen molar-refractivity contribution < 1.29 is 9.53 Å². The van der Waals surface area contributed by atoms with Gasteiger partial charge in [-0.25, -0.2) is 23.7 Å². The number of hydrogen-bond donors (Lipinski definition) is 2. The van der Waals surface area contributed by atoms with Crippen LogP contribution < -0.4 is 26.9 Å². The van der Waals surface area contributed by atoms with Crippen LogP contribution in [0.15, 0.2) is 69.6 Å². The number of aromatic amines is 1. The molecule has 1 amide bonds. The maximum Gasteiger partial charge on any atom is 0.333 e. The summed E-state index contributed by atoms with van der Waals surface area (Å²) in [4.78, 5) is 55.9. The number of hydrogen-bond acceptors (Lipinski definition) is 8. The molecule has 2 N–H and O–H groups in total. The van der Waals surface area contributed by atoms with E-state index in [1.165, 1.54) is 48.7 Å². The van der Waals surface area contributed by atoms with Crippen LogP contribution in [0.4, 0.5) is 0 Å². The summed E-state index contributed by atoms with van der Waals surface area (Å²) in [6.45, 7) is 0.0524. The van der Waals surface area contributed by atoms with Gasteiger partial charge in [0.25, 0.3) is 17.0 Å². The minimum absolute atomic E-state index is 0.00759. The number of carbonyl (C=O) groups is 1. The Morgan fingerprint density at radius 3 is 2.61 bits per heavy atom. The Hall–Kier alpha value is -4.81. The average molecular weight is 450 g/mol. The van der Waals surface area contributed by atoms with Crippen molar-refractivity contribution in [2.45, 2.75) is 6.54 Å². The van der Waals surface area contributed by atoms with Crippen molar-refractivity contribution in [2.75, 3.05) is 13.7 Å². The summed E-state index contributed by atoms with van der Waals surface area (Å²) in [7, 11) is 1.49. The predicted molar refractivity (Wildman–Crippen MR) is 115 cm³/mol. The molecule has 33 heavy (non-hydrogen) atoms. The van der Waals surface area contributed by atoms with Crippen molar-refractivity contribution in [3.05, 3.63) is 92.0 Å². The van der Waals surface area contributed by atoms with Crippen LogP contribution in [0.5, 0.6) is 5.75 Å². The first-order chi connectivity index (χ1) is 16.0. The molecule has 13 nitrogen and oxygen atoms in total. The van der Waals surface area contributed by atoms with E-state index in [2.05, 4.69) is 25.5 Å². The van der Waals surface area contributed by atoms with Gasteiger partial charge in [-0.15, -0.1) is 5.10 Å². The summed E-state index contributed by atoms with van der Waals surface area (Å²) in [5.74, 6) is 0.217. The Kier molecular flexibility index (Phi) is 5.93. The van der Waals surface area contributed by atoms with E-state index >= 15 is 0 Å². The molecule has 0 aliphatic rings. The molecule has 0 unspecified atom stereocenters. The van der Waals surface area contributed by atoms with Gasteiger partial charge in [0.2, 0.25) is 0 Å². The fraction of sp³-hybridized carbons (Fsp3) is 0.150. The van der Waals surface area contributed by atoms with Crippen LogP contribution in [-0.2, 0) is 6.54 Å². The van der Waals surface area contributed by atoms with Crippen molar-refractivity contribution in [3.63, 3.8) is 0 Å². The Morgan fingerprint density at radius 2 is 1.91 bits per heavy atom. The van der Waals surface area contributed by atoms with Gasteiger partial charge in [-0.1, -0.05) is 0 Å². The summed E-state index contributed by atoms with van der Waals surface area (Å²) < 4.78 is 8.46. The first-order valence-electron chi connectivity index (χ1n) is 9.68. The molecule has 0 spiro atoms. The van der Waals surface area contributed by atoms with Crippen molar-refractivity contribution in [2.24, 2.45) is 0 Å². The van der Waals surface area contributed by atoms with Crippen molar-refractivity contribution in [3.8, 4) is 17.3 Å². The highest BCUT2D eigenvalue weighted by molar-refractivity contribution is 5.93. The van der Waals surface area contributed by atoms with Gasteiger partial charge in [0.1, 0.15) is 24.0 Å². The summed E-state index contributed by atoms with van der Waals surface area (Å²) in [6.07, 6.45) is 3.82. The Balaban J connectivity index is 1.50. The van der Waals surface area contributed by atoms with Gasteiger partial charge < -0.3 is 15.0 Å². The van der Waals surface area contributed by atoms with E-state index in [9.17, 15) is 19.2 Å². The van der Waals surface area contributed by atoms with E-state index in [0.717, 1.165) is 15.4 Å². The molecule has 13 heteroatoms. The zero-order valence-electron chi connectivity index (χ0n) is 17.3. The van der Waals surface area contributed by atoms with Gasteiger partial charge in [0.05, 0.1) is 19.3 Å². The van der Waals surface area contributed by atoms with Crippen molar-refractivity contribution in [1.82, 2.24) is 39.4 Å². The lowest BCUT2D eigenvalue weighted by atomic mass is 10.2. The number of aromatic nitrogens is 7. The summed E-state index contributed by atoms with van der Waals surface area (Å²) in [5.41, 5.74) is -1.84. The Labute approximate surface area is 184 Å². The van der Waals surface area contributed by atoms with Gasteiger partial charge in [0.15, 0.2) is 5.82 Å². The largest absolute Gasteiger partial charge is 0.497 e. The number of carbonyl (C=O) groups excluding carboxylic acids is 1. The van der Waals surface area contributed by atoms with E-state index in [4.69, 9.17) is 4.74 Å². The van der Waals surface area contributed by atoms with Crippen molar-refractivity contribution >= 4 is 5.91 Å². The first-order valence-corrected chi connectivity index (χ1v) is 9.68. The molecule has 0 fully saturated rings. The van der Waals surface area contributed by atoms with Crippen LogP contribution in [0.25, 0.3) is 11.5 Å². The maximum atomic E-state index is 12.8. The van der Waals surface area contributed by atoms with E-state index in [0.29, 0.717) is 11.6 Å².